The second-order valence-electron chi connectivity index (χ2n) is 6.81. The number of nitrogens with two attached hydrogens (primary N) is 1. The Morgan fingerprint density at radius 1 is 1.00 bits per heavy atom. The van der Waals surface area contributed by atoms with Gasteiger partial charge in [-0.1, -0.05) is 12.1 Å². The summed E-state index contributed by atoms with van der Waals surface area (Å²) in [6, 6.07) is 15.3. The molecule has 0 saturated heterocycles. The summed E-state index contributed by atoms with van der Waals surface area (Å²) in [6.07, 6.45) is 0. The molecule has 30 heavy (non-hydrogen) atoms. The minimum atomic E-state index is 0.471. The Morgan fingerprint density at radius 2 is 1.73 bits per heavy atom. The van der Waals surface area contributed by atoms with Gasteiger partial charge in [-0.15, -0.1) is 5.10 Å². The molecule has 0 amide bonds. The number of fused-ring (bicyclic) bond motifs is 1. The molecule has 0 aliphatic heterocycles. The van der Waals surface area contributed by atoms with Crippen LogP contribution in [0.2, 0.25) is 0 Å². The van der Waals surface area contributed by atoms with Crippen molar-refractivity contribution in [3.63, 3.8) is 0 Å². The van der Waals surface area contributed by atoms with Crippen LogP contribution in [0.15, 0.2) is 48.5 Å². The van der Waals surface area contributed by atoms with Crippen molar-refractivity contribution < 1.29 is 9.47 Å². The number of nitrogens with zero attached hydrogens (tertiary/aromatic N) is 5. The Bertz CT molecular complexity index is 1190. The van der Waals surface area contributed by atoms with Crippen LogP contribution in [0.5, 0.6) is 11.5 Å². The van der Waals surface area contributed by atoms with E-state index in [0.29, 0.717) is 28.5 Å². The largest absolute Gasteiger partial charge is 0.497 e. The fourth-order valence-corrected chi connectivity index (χ4v) is 3.21. The average Bonchev–Trinajstić information content (AvgIpc) is 3.14. The lowest BCUT2D eigenvalue weighted by Crippen LogP contribution is -2.19. The Morgan fingerprint density at radius 3 is 2.40 bits per heavy atom. The minimum absolute atomic E-state index is 0.471. The van der Waals surface area contributed by atoms with Crippen molar-refractivity contribution in [1.82, 2.24) is 19.7 Å². The average molecular weight is 404 g/mol. The van der Waals surface area contributed by atoms with E-state index >= 15 is 0 Å². The van der Waals surface area contributed by atoms with Crippen LogP contribution in [0.3, 0.4) is 0 Å². The van der Waals surface area contributed by atoms with Crippen LogP contribution in [0, 0.1) is 0 Å². The molecule has 0 aliphatic carbocycles. The quantitative estimate of drug-likeness (QED) is 0.525. The molecule has 8 nitrogen and oxygen atoms in total. The van der Waals surface area contributed by atoms with Gasteiger partial charge in [0.1, 0.15) is 17.3 Å². The van der Waals surface area contributed by atoms with Crippen molar-refractivity contribution >= 4 is 22.8 Å². The molecule has 0 saturated carbocycles. The second kappa shape index (κ2) is 7.90. The summed E-state index contributed by atoms with van der Waals surface area (Å²) in [5.41, 5.74) is 9.50. The Labute approximate surface area is 174 Å². The highest BCUT2D eigenvalue weighted by Crippen LogP contribution is 2.34. The SMILES string of the molecule is CCN(C)c1nc(-c2cccc(OC)c2)c2c(N)n(-c3ccc(OC)cc3)nc2n1. The topological polar surface area (TPSA) is 91.3 Å². The lowest BCUT2D eigenvalue weighted by Gasteiger charge is -2.15. The summed E-state index contributed by atoms with van der Waals surface area (Å²) in [5.74, 6) is 2.56. The molecule has 2 aromatic carbocycles. The van der Waals surface area contributed by atoms with Gasteiger partial charge in [-0.2, -0.15) is 4.98 Å². The standard InChI is InChI=1S/C22H24N6O2/c1-5-27(2)22-24-19(14-7-6-8-17(13-14)30-4)18-20(23)28(26-21(18)25-22)15-9-11-16(29-3)12-10-15/h6-13H,5,23H2,1-4H3. The minimum Gasteiger partial charge on any atom is -0.497 e. The van der Waals surface area contributed by atoms with Crippen molar-refractivity contribution in [1.29, 1.82) is 0 Å². The van der Waals surface area contributed by atoms with E-state index in [1.165, 1.54) is 0 Å². The number of benzene rings is 2. The van der Waals surface area contributed by atoms with Gasteiger partial charge in [0.25, 0.3) is 0 Å². The number of hydrogen-bond acceptors (Lipinski definition) is 7. The highest BCUT2D eigenvalue weighted by molar-refractivity contribution is 5.99. The Kier molecular flexibility index (Phi) is 5.14. The van der Waals surface area contributed by atoms with Crippen LogP contribution in [-0.4, -0.2) is 47.6 Å². The van der Waals surface area contributed by atoms with E-state index in [1.54, 1.807) is 18.9 Å². The lowest BCUT2D eigenvalue weighted by molar-refractivity contribution is 0.414. The Balaban J connectivity index is 1.97. The molecule has 4 aromatic rings. The molecule has 2 N–H and O–H groups in total. The third-order valence-corrected chi connectivity index (χ3v) is 5.03. The zero-order valence-corrected chi connectivity index (χ0v) is 17.5. The van der Waals surface area contributed by atoms with Gasteiger partial charge in [0.05, 0.1) is 31.0 Å². The number of hydrogen-bond donors (Lipinski definition) is 1. The van der Waals surface area contributed by atoms with Gasteiger partial charge in [0.2, 0.25) is 5.95 Å². The molecule has 0 atom stereocenters. The van der Waals surface area contributed by atoms with Crippen molar-refractivity contribution in [2.75, 3.05) is 38.4 Å². The van der Waals surface area contributed by atoms with E-state index in [2.05, 4.69) is 10.1 Å². The molecule has 0 spiro atoms. The smallest absolute Gasteiger partial charge is 0.227 e. The van der Waals surface area contributed by atoms with Crippen molar-refractivity contribution in [3.8, 4) is 28.4 Å². The van der Waals surface area contributed by atoms with Gasteiger partial charge in [0, 0.05) is 19.2 Å². The summed E-state index contributed by atoms with van der Waals surface area (Å²) in [7, 11) is 5.22. The predicted molar refractivity (Wildman–Crippen MR) is 119 cm³/mol. The molecule has 0 unspecified atom stereocenters. The molecule has 0 radical (unpaired) electrons. The number of rotatable bonds is 6. The van der Waals surface area contributed by atoms with E-state index in [1.807, 2.05) is 67.4 Å². The monoisotopic (exact) mass is 404 g/mol. The third-order valence-electron chi connectivity index (χ3n) is 5.03. The number of aromatic nitrogens is 4. The molecule has 154 valence electrons. The highest BCUT2D eigenvalue weighted by Gasteiger charge is 2.20. The number of methoxy groups -OCH3 is 2. The van der Waals surface area contributed by atoms with Crippen LogP contribution in [0.25, 0.3) is 28.0 Å². The maximum Gasteiger partial charge on any atom is 0.227 e. The summed E-state index contributed by atoms with van der Waals surface area (Å²) in [6.45, 7) is 2.81. The Hall–Kier alpha value is -3.81. The molecule has 4 rings (SSSR count). The van der Waals surface area contributed by atoms with E-state index in [-0.39, 0.29) is 0 Å². The van der Waals surface area contributed by atoms with Gasteiger partial charge in [-0.3, -0.25) is 0 Å². The first-order chi connectivity index (χ1) is 14.5. The number of nitrogen functional groups attached to an aromatic ring is 1. The fraction of sp³-hybridized carbons (Fsp3) is 0.227. The van der Waals surface area contributed by atoms with Gasteiger partial charge in [-0.05, 0) is 43.3 Å². The molecule has 0 fully saturated rings. The first kappa shape index (κ1) is 19.5. The third kappa shape index (κ3) is 3.36. The zero-order valence-electron chi connectivity index (χ0n) is 17.5. The van der Waals surface area contributed by atoms with Crippen LogP contribution in [-0.2, 0) is 0 Å². The molecule has 0 bridgehead atoms. The second-order valence-corrected chi connectivity index (χ2v) is 6.81. The highest BCUT2D eigenvalue weighted by atomic mass is 16.5. The van der Waals surface area contributed by atoms with Crippen LogP contribution >= 0.6 is 0 Å². The first-order valence-electron chi connectivity index (χ1n) is 9.62. The van der Waals surface area contributed by atoms with E-state index in [4.69, 9.17) is 20.2 Å². The van der Waals surface area contributed by atoms with Gasteiger partial charge >= 0.3 is 0 Å². The summed E-state index contributed by atoms with van der Waals surface area (Å²) >= 11 is 0. The van der Waals surface area contributed by atoms with Crippen LogP contribution in [0.1, 0.15) is 6.92 Å². The van der Waals surface area contributed by atoms with Crippen LogP contribution < -0.4 is 20.1 Å². The molecular weight excluding hydrogens is 380 g/mol. The summed E-state index contributed by atoms with van der Waals surface area (Å²) in [4.78, 5) is 11.4. The maximum atomic E-state index is 6.55. The predicted octanol–water partition coefficient (Wildman–Crippen LogP) is 3.54. The normalized spacial score (nSPS) is 10.9. The van der Waals surface area contributed by atoms with Crippen molar-refractivity contribution in [2.45, 2.75) is 6.92 Å². The lowest BCUT2D eigenvalue weighted by atomic mass is 10.1. The molecular formula is C22H24N6O2. The molecule has 0 aliphatic rings. The van der Waals surface area contributed by atoms with E-state index < -0.39 is 0 Å². The zero-order chi connectivity index (χ0) is 21.3. The van der Waals surface area contributed by atoms with Gasteiger partial charge in [-0.25, -0.2) is 9.67 Å². The van der Waals surface area contributed by atoms with Crippen molar-refractivity contribution in [3.05, 3.63) is 48.5 Å². The van der Waals surface area contributed by atoms with Crippen molar-refractivity contribution in [2.24, 2.45) is 0 Å². The first-order valence-corrected chi connectivity index (χ1v) is 9.62. The van der Waals surface area contributed by atoms with E-state index in [9.17, 15) is 0 Å². The molecule has 2 aromatic heterocycles. The number of anilines is 2. The maximum absolute atomic E-state index is 6.55. The van der Waals surface area contributed by atoms with Gasteiger partial charge < -0.3 is 20.1 Å². The van der Waals surface area contributed by atoms with Crippen LogP contribution in [0.4, 0.5) is 11.8 Å². The van der Waals surface area contributed by atoms with E-state index in [0.717, 1.165) is 29.3 Å². The van der Waals surface area contributed by atoms with Gasteiger partial charge in [0.15, 0.2) is 5.65 Å². The summed E-state index contributed by atoms with van der Waals surface area (Å²) < 4.78 is 12.3. The molecule has 2 heterocycles. The number of ether oxygens (including phenoxy) is 2. The summed E-state index contributed by atoms with van der Waals surface area (Å²) in [5, 5.41) is 5.39. The molecule has 8 heteroatoms. The fourth-order valence-electron chi connectivity index (χ4n) is 3.21.